The summed E-state index contributed by atoms with van der Waals surface area (Å²) in [5.74, 6) is 1.18. The third-order valence-electron chi connectivity index (χ3n) is 1.84. The van der Waals surface area contributed by atoms with Gasteiger partial charge in [-0.3, -0.25) is 4.79 Å². The Bertz CT molecular complexity index is 523. The Balaban J connectivity index is 3.00. The highest BCUT2D eigenvalue weighted by Crippen LogP contribution is 1.97. The molecule has 0 radical (unpaired) electrons. The van der Waals surface area contributed by atoms with Crippen LogP contribution < -0.4 is 5.56 Å². The predicted octanol–water partition coefficient (Wildman–Crippen LogP) is -0.560. The van der Waals surface area contributed by atoms with Crippen molar-refractivity contribution in [3.05, 3.63) is 21.9 Å². The third kappa shape index (κ3) is 1.02. The zero-order valence-corrected chi connectivity index (χ0v) is 7.64. The second-order valence-electron chi connectivity index (χ2n) is 2.88. The summed E-state index contributed by atoms with van der Waals surface area (Å²) in [5, 5.41) is 8.14. The largest absolute Gasteiger partial charge is 0.296 e. The molecule has 0 aromatic carbocycles. The van der Waals surface area contributed by atoms with Gasteiger partial charge in [0.1, 0.15) is 5.69 Å². The second-order valence-corrected chi connectivity index (χ2v) is 2.88. The minimum atomic E-state index is -0.303. The lowest BCUT2D eigenvalue weighted by atomic mass is 10.5. The molecular weight excluding hydrogens is 170 g/mol. The van der Waals surface area contributed by atoms with Gasteiger partial charge in [0.25, 0.3) is 11.3 Å². The van der Waals surface area contributed by atoms with Gasteiger partial charge in [0.05, 0.1) is 0 Å². The topological polar surface area (TPSA) is 65.1 Å². The molecule has 6 nitrogen and oxygen atoms in total. The zero-order chi connectivity index (χ0) is 9.59. The minimum absolute atomic E-state index is 0.303. The van der Waals surface area contributed by atoms with Crippen LogP contribution in [0.3, 0.4) is 0 Å². The molecule has 0 atom stereocenters. The Labute approximate surface area is 73.8 Å². The van der Waals surface area contributed by atoms with E-state index in [1.54, 1.807) is 18.5 Å². The molecule has 0 saturated heterocycles. The van der Waals surface area contributed by atoms with E-state index in [2.05, 4.69) is 15.2 Å². The zero-order valence-electron chi connectivity index (χ0n) is 7.64. The van der Waals surface area contributed by atoms with Crippen LogP contribution >= 0.6 is 0 Å². The van der Waals surface area contributed by atoms with Gasteiger partial charge in [0.2, 0.25) is 0 Å². The summed E-state index contributed by atoms with van der Waals surface area (Å²) in [6.07, 6.45) is 0. The fourth-order valence-corrected chi connectivity index (χ4v) is 1.19. The monoisotopic (exact) mass is 179 g/mol. The van der Waals surface area contributed by atoms with E-state index < -0.39 is 0 Å². The Morgan fingerprint density at radius 3 is 2.62 bits per heavy atom. The molecule has 0 aliphatic heterocycles. The number of aromatic nitrogens is 5. The van der Waals surface area contributed by atoms with E-state index in [4.69, 9.17) is 0 Å². The first-order chi connectivity index (χ1) is 6.09. The maximum atomic E-state index is 11.2. The summed E-state index contributed by atoms with van der Waals surface area (Å²) in [5.41, 5.74) is 0.0802. The SMILES string of the molecule is Cc1nn2c(C)nn(C)c2nc1=O. The van der Waals surface area contributed by atoms with Crippen LogP contribution in [0.4, 0.5) is 0 Å². The lowest BCUT2D eigenvalue weighted by molar-refractivity contribution is 0.770. The van der Waals surface area contributed by atoms with Crippen molar-refractivity contribution in [3.8, 4) is 0 Å². The van der Waals surface area contributed by atoms with Gasteiger partial charge in [-0.1, -0.05) is 0 Å². The van der Waals surface area contributed by atoms with Crippen LogP contribution in [0.5, 0.6) is 0 Å². The molecule has 13 heavy (non-hydrogen) atoms. The molecule has 0 aliphatic rings. The molecule has 2 heterocycles. The summed E-state index contributed by atoms with van der Waals surface area (Å²) in [6, 6.07) is 0. The molecule has 0 saturated carbocycles. The number of fused-ring (bicyclic) bond motifs is 1. The van der Waals surface area contributed by atoms with Crippen LogP contribution in [0.25, 0.3) is 5.78 Å². The van der Waals surface area contributed by atoms with Gasteiger partial charge in [-0.25, -0.2) is 4.68 Å². The Morgan fingerprint density at radius 2 is 1.92 bits per heavy atom. The lowest BCUT2D eigenvalue weighted by Crippen LogP contribution is -2.16. The number of hydrogen-bond donors (Lipinski definition) is 0. The molecule has 0 spiro atoms. The summed E-state index contributed by atoms with van der Waals surface area (Å²) in [7, 11) is 1.73. The van der Waals surface area contributed by atoms with Gasteiger partial charge in [-0.15, -0.1) is 0 Å². The second kappa shape index (κ2) is 2.38. The van der Waals surface area contributed by atoms with Crippen LogP contribution in [-0.2, 0) is 7.05 Å². The van der Waals surface area contributed by atoms with Gasteiger partial charge in [-0.05, 0) is 13.8 Å². The highest BCUT2D eigenvalue weighted by molar-refractivity contribution is 5.26. The fourth-order valence-electron chi connectivity index (χ4n) is 1.19. The molecule has 2 aromatic rings. The van der Waals surface area contributed by atoms with Gasteiger partial charge in [0, 0.05) is 7.05 Å². The van der Waals surface area contributed by atoms with Crippen molar-refractivity contribution in [3.63, 3.8) is 0 Å². The van der Waals surface area contributed by atoms with E-state index in [0.29, 0.717) is 17.3 Å². The van der Waals surface area contributed by atoms with Crippen molar-refractivity contribution in [2.45, 2.75) is 13.8 Å². The Morgan fingerprint density at radius 1 is 1.23 bits per heavy atom. The number of hydrogen-bond acceptors (Lipinski definition) is 4. The number of rotatable bonds is 0. The molecule has 2 rings (SSSR count). The molecule has 0 fully saturated rings. The number of aryl methyl sites for hydroxylation is 3. The minimum Gasteiger partial charge on any atom is -0.265 e. The van der Waals surface area contributed by atoms with Crippen LogP contribution in [-0.4, -0.2) is 24.4 Å². The standard InChI is InChI=1S/C7H9N5O/c1-4-6(13)8-7-11(3)10-5(2)12(7)9-4/h1-3H3. The molecule has 2 aromatic heterocycles. The first-order valence-corrected chi connectivity index (χ1v) is 3.87. The third-order valence-corrected chi connectivity index (χ3v) is 1.84. The quantitative estimate of drug-likeness (QED) is 0.543. The molecule has 0 aliphatic carbocycles. The van der Waals surface area contributed by atoms with Gasteiger partial charge in [0.15, 0.2) is 5.82 Å². The van der Waals surface area contributed by atoms with Gasteiger partial charge >= 0.3 is 0 Å². The molecular formula is C7H9N5O. The summed E-state index contributed by atoms with van der Waals surface area (Å²) >= 11 is 0. The molecule has 0 bridgehead atoms. The van der Waals surface area contributed by atoms with Crippen molar-refractivity contribution in [2.75, 3.05) is 0 Å². The summed E-state index contributed by atoms with van der Waals surface area (Å²) in [4.78, 5) is 15.0. The molecule has 68 valence electrons. The van der Waals surface area contributed by atoms with Crippen LogP contribution in [0.15, 0.2) is 4.79 Å². The highest BCUT2D eigenvalue weighted by Gasteiger charge is 2.07. The number of nitrogens with zero attached hydrogens (tertiary/aromatic N) is 5. The maximum Gasteiger partial charge on any atom is 0.296 e. The van der Waals surface area contributed by atoms with E-state index >= 15 is 0 Å². The smallest absolute Gasteiger partial charge is 0.265 e. The van der Waals surface area contributed by atoms with Crippen LogP contribution in [0.1, 0.15) is 11.5 Å². The average molecular weight is 179 g/mol. The Kier molecular flexibility index (Phi) is 1.45. The van der Waals surface area contributed by atoms with Crippen molar-refractivity contribution < 1.29 is 0 Å². The molecule has 0 unspecified atom stereocenters. The average Bonchev–Trinajstić information content (AvgIpc) is 2.31. The summed E-state index contributed by atoms with van der Waals surface area (Å²) < 4.78 is 3.08. The van der Waals surface area contributed by atoms with Gasteiger partial charge in [-0.2, -0.15) is 19.7 Å². The fraction of sp³-hybridized carbons (Fsp3) is 0.429. The van der Waals surface area contributed by atoms with Crippen molar-refractivity contribution in [2.24, 2.45) is 7.05 Å². The van der Waals surface area contributed by atoms with Crippen molar-refractivity contribution in [1.82, 2.24) is 24.4 Å². The van der Waals surface area contributed by atoms with E-state index in [0.717, 1.165) is 0 Å². The maximum absolute atomic E-state index is 11.2. The van der Waals surface area contributed by atoms with Crippen LogP contribution in [0.2, 0.25) is 0 Å². The molecule has 6 heteroatoms. The van der Waals surface area contributed by atoms with E-state index in [1.807, 2.05) is 6.92 Å². The van der Waals surface area contributed by atoms with Crippen molar-refractivity contribution >= 4 is 5.78 Å². The van der Waals surface area contributed by atoms with E-state index in [1.165, 1.54) is 4.68 Å². The molecule has 0 amide bonds. The Hall–Kier alpha value is -1.72. The van der Waals surface area contributed by atoms with E-state index in [-0.39, 0.29) is 5.56 Å². The van der Waals surface area contributed by atoms with Crippen LogP contribution in [0, 0.1) is 13.8 Å². The highest BCUT2D eigenvalue weighted by atomic mass is 16.1. The summed E-state index contributed by atoms with van der Waals surface area (Å²) in [6.45, 7) is 3.44. The predicted molar refractivity (Wildman–Crippen MR) is 45.5 cm³/mol. The van der Waals surface area contributed by atoms with Crippen molar-refractivity contribution in [1.29, 1.82) is 0 Å². The lowest BCUT2D eigenvalue weighted by Gasteiger charge is -1.94. The first kappa shape index (κ1) is 7.90. The van der Waals surface area contributed by atoms with Gasteiger partial charge < -0.3 is 0 Å². The first-order valence-electron chi connectivity index (χ1n) is 3.87. The molecule has 0 N–H and O–H groups in total. The normalized spacial score (nSPS) is 11.0. The van der Waals surface area contributed by atoms with E-state index in [9.17, 15) is 4.79 Å².